The maximum atomic E-state index is 11.9. The fourth-order valence-electron chi connectivity index (χ4n) is 2.58. The third kappa shape index (κ3) is 4.16. The molecule has 0 aliphatic rings. The van der Waals surface area contributed by atoms with Crippen molar-refractivity contribution in [2.45, 2.75) is 37.3 Å². The van der Waals surface area contributed by atoms with Crippen LogP contribution in [0.15, 0.2) is 37.1 Å². The second-order valence-electron chi connectivity index (χ2n) is 5.85. The van der Waals surface area contributed by atoms with E-state index in [1.165, 1.54) is 17.4 Å². The first-order valence-corrected chi connectivity index (χ1v) is 10.1. The van der Waals surface area contributed by atoms with E-state index in [1.54, 1.807) is 18.7 Å². The van der Waals surface area contributed by atoms with E-state index in [1.807, 2.05) is 31.4 Å². The number of benzene rings is 1. The molecule has 0 N–H and O–H groups in total. The van der Waals surface area contributed by atoms with Gasteiger partial charge in [-0.1, -0.05) is 23.9 Å². The molecule has 3 rings (SSSR count). The first kappa shape index (κ1) is 18.7. The number of thioether (sulfide) groups is 1. The minimum absolute atomic E-state index is 0.182. The number of rotatable bonds is 6. The SMILES string of the molecule is CCOC(=O)Cc1csc(SCc2cc(=O)oc3c(C)c(C)ccc23)n1. The van der Waals surface area contributed by atoms with Gasteiger partial charge in [0.15, 0.2) is 0 Å². The summed E-state index contributed by atoms with van der Waals surface area (Å²) in [6.45, 7) is 6.11. The molecule has 26 heavy (non-hydrogen) atoms. The molecule has 0 saturated carbocycles. The number of fused-ring (bicyclic) bond motifs is 1. The minimum Gasteiger partial charge on any atom is -0.466 e. The van der Waals surface area contributed by atoms with E-state index in [-0.39, 0.29) is 18.0 Å². The number of hydrogen-bond donors (Lipinski definition) is 0. The van der Waals surface area contributed by atoms with E-state index in [9.17, 15) is 9.59 Å². The summed E-state index contributed by atoms with van der Waals surface area (Å²) in [5.41, 5.74) is 4.01. The number of carbonyl (C=O) groups is 1. The zero-order chi connectivity index (χ0) is 18.7. The van der Waals surface area contributed by atoms with E-state index in [0.29, 0.717) is 23.6 Å². The van der Waals surface area contributed by atoms with Gasteiger partial charge < -0.3 is 9.15 Å². The minimum atomic E-state index is -0.344. The quantitative estimate of drug-likeness (QED) is 0.356. The topological polar surface area (TPSA) is 69.4 Å². The molecular formula is C19H19NO4S2. The molecule has 0 aliphatic carbocycles. The van der Waals surface area contributed by atoms with E-state index >= 15 is 0 Å². The Balaban J connectivity index is 1.78. The van der Waals surface area contributed by atoms with Crippen molar-refractivity contribution in [2.75, 3.05) is 6.61 Å². The van der Waals surface area contributed by atoms with Crippen LogP contribution in [0.1, 0.15) is 29.3 Å². The molecule has 1 aromatic carbocycles. The van der Waals surface area contributed by atoms with Crippen LogP contribution in [0.4, 0.5) is 0 Å². The summed E-state index contributed by atoms with van der Waals surface area (Å²) in [5, 5.41) is 2.81. The molecule has 0 fully saturated rings. The highest BCUT2D eigenvalue weighted by atomic mass is 32.2. The molecular weight excluding hydrogens is 370 g/mol. The van der Waals surface area contributed by atoms with Crippen molar-refractivity contribution in [3.63, 3.8) is 0 Å². The maximum Gasteiger partial charge on any atom is 0.336 e. The normalized spacial score (nSPS) is 11.0. The molecule has 0 spiro atoms. The number of aromatic nitrogens is 1. The van der Waals surface area contributed by atoms with Crippen molar-refractivity contribution in [1.29, 1.82) is 0 Å². The van der Waals surface area contributed by atoms with Crippen molar-refractivity contribution >= 4 is 40.0 Å². The van der Waals surface area contributed by atoms with Gasteiger partial charge in [0, 0.05) is 22.6 Å². The Hall–Kier alpha value is -2.12. The van der Waals surface area contributed by atoms with Gasteiger partial charge in [0.05, 0.1) is 18.7 Å². The summed E-state index contributed by atoms with van der Waals surface area (Å²) in [5.74, 6) is 0.337. The van der Waals surface area contributed by atoms with Crippen LogP contribution in [-0.4, -0.2) is 17.6 Å². The van der Waals surface area contributed by atoms with Gasteiger partial charge in [-0.3, -0.25) is 4.79 Å². The molecule has 2 heterocycles. The molecule has 0 aliphatic heterocycles. The fraction of sp³-hybridized carbons (Fsp3) is 0.316. The number of hydrogen-bond acceptors (Lipinski definition) is 7. The van der Waals surface area contributed by atoms with Crippen molar-refractivity contribution < 1.29 is 13.9 Å². The Bertz CT molecular complexity index is 1010. The highest BCUT2D eigenvalue weighted by molar-refractivity contribution is 8.00. The van der Waals surface area contributed by atoms with Crippen LogP contribution in [0.25, 0.3) is 11.0 Å². The summed E-state index contributed by atoms with van der Waals surface area (Å²) in [6, 6.07) is 5.56. The van der Waals surface area contributed by atoms with Crippen molar-refractivity contribution in [2.24, 2.45) is 0 Å². The number of nitrogens with zero attached hydrogens (tertiary/aromatic N) is 1. The van der Waals surface area contributed by atoms with E-state index < -0.39 is 0 Å². The highest BCUT2D eigenvalue weighted by Crippen LogP contribution is 2.30. The Labute approximate surface area is 159 Å². The van der Waals surface area contributed by atoms with Crippen molar-refractivity contribution in [1.82, 2.24) is 4.98 Å². The number of aryl methyl sites for hydroxylation is 2. The predicted octanol–water partition coefficient (Wildman–Crippen LogP) is 4.26. The highest BCUT2D eigenvalue weighted by Gasteiger charge is 2.12. The molecule has 0 atom stereocenters. The molecule has 0 bridgehead atoms. The predicted molar refractivity (Wildman–Crippen MR) is 104 cm³/mol. The van der Waals surface area contributed by atoms with E-state index in [4.69, 9.17) is 9.15 Å². The van der Waals surface area contributed by atoms with Crippen LogP contribution in [0.3, 0.4) is 0 Å². The van der Waals surface area contributed by atoms with Gasteiger partial charge in [-0.2, -0.15) is 0 Å². The van der Waals surface area contributed by atoms with Crippen LogP contribution >= 0.6 is 23.1 Å². The summed E-state index contributed by atoms with van der Waals surface area (Å²) in [6.07, 6.45) is 0.182. The second kappa shape index (κ2) is 8.05. The first-order valence-electron chi connectivity index (χ1n) is 8.23. The summed E-state index contributed by atoms with van der Waals surface area (Å²) < 4.78 is 11.2. The van der Waals surface area contributed by atoms with Crippen molar-refractivity contribution in [3.05, 3.63) is 56.4 Å². The number of thiazole rings is 1. The van der Waals surface area contributed by atoms with Gasteiger partial charge in [0.25, 0.3) is 0 Å². The number of esters is 1. The van der Waals surface area contributed by atoms with Gasteiger partial charge >= 0.3 is 11.6 Å². The van der Waals surface area contributed by atoms with Crippen LogP contribution in [0.5, 0.6) is 0 Å². The summed E-state index contributed by atoms with van der Waals surface area (Å²) in [4.78, 5) is 27.9. The van der Waals surface area contributed by atoms with Gasteiger partial charge in [-0.05, 0) is 37.5 Å². The van der Waals surface area contributed by atoms with E-state index in [0.717, 1.165) is 26.4 Å². The van der Waals surface area contributed by atoms with Gasteiger partial charge in [-0.25, -0.2) is 9.78 Å². The number of carbonyl (C=O) groups excluding carboxylic acids is 1. The Morgan fingerprint density at radius 1 is 1.35 bits per heavy atom. The summed E-state index contributed by atoms with van der Waals surface area (Å²) >= 11 is 3.03. The van der Waals surface area contributed by atoms with Crippen LogP contribution < -0.4 is 5.63 Å². The summed E-state index contributed by atoms with van der Waals surface area (Å²) in [7, 11) is 0. The van der Waals surface area contributed by atoms with Crippen molar-refractivity contribution in [3.8, 4) is 0 Å². The molecule has 0 amide bonds. The smallest absolute Gasteiger partial charge is 0.336 e. The third-order valence-corrected chi connectivity index (χ3v) is 6.15. The Morgan fingerprint density at radius 3 is 2.92 bits per heavy atom. The molecule has 0 unspecified atom stereocenters. The average molecular weight is 389 g/mol. The molecule has 0 radical (unpaired) electrons. The van der Waals surface area contributed by atoms with E-state index in [2.05, 4.69) is 4.98 Å². The van der Waals surface area contributed by atoms with Gasteiger partial charge in [-0.15, -0.1) is 11.3 Å². The maximum absolute atomic E-state index is 11.9. The largest absolute Gasteiger partial charge is 0.466 e. The lowest BCUT2D eigenvalue weighted by atomic mass is 10.0. The molecule has 2 aromatic heterocycles. The molecule has 136 valence electrons. The third-order valence-electron chi connectivity index (χ3n) is 4.03. The lowest BCUT2D eigenvalue weighted by Crippen LogP contribution is -2.07. The van der Waals surface area contributed by atoms with Gasteiger partial charge in [0.1, 0.15) is 9.92 Å². The van der Waals surface area contributed by atoms with Crippen LogP contribution in [-0.2, 0) is 21.7 Å². The van der Waals surface area contributed by atoms with Crippen LogP contribution in [0.2, 0.25) is 0 Å². The zero-order valence-electron chi connectivity index (χ0n) is 14.8. The van der Waals surface area contributed by atoms with Gasteiger partial charge in [0.2, 0.25) is 0 Å². The Kier molecular flexibility index (Phi) is 5.78. The second-order valence-corrected chi connectivity index (χ2v) is 7.93. The molecule has 3 aromatic rings. The average Bonchev–Trinajstić information content (AvgIpc) is 3.04. The monoisotopic (exact) mass is 389 g/mol. The molecule has 0 saturated heterocycles. The number of ether oxygens (including phenoxy) is 1. The van der Waals surface area contributed by atoms with Crippen LogP contribution in [0, 0.1) is 13.8 Å². The zero-order valence-corrected chi connectivity index (χ0v) is 16.5. The Morgan fingerprint density at radius 2 is 2.15 bits per heavy atom. The standard InChI is InChI=1S/C19H19NO4S2/c1-4-23-16(21)8-14-10-26-19(20-14)25-9-13-7-17(22)24-18-12(3)11(2)5-6-15(13)18/h5-7,10H,4,8-9H2,1-3H3. The first-order chi connectivity index (χ1) is 12.5. The lowest BCUT2D eigenvalue weighted by molar-refractivity contribution is -0.142. The fourth-order valence-corrected chi connectivity index (χ4v) is 4.41. The molecule has 7 heteroatoms. The molecule has 5 nitrogen and oxygen atoms in total. The lowest BCUT2D eigenvalue weighted by Gasteiger charge is -2.08.